The molecule has 1 aromatic heterocycles. The molecule has 0 aliphatic carbocycles. The summed E-state index contributed by atoms with van der Waals surface area (Å²) in [5.41, 5.74) is 0. The van der Waals surface area contributed by atoms with E-state index in [9.17, 15) is 13.2 Å². The van der Waals surface area contributed by atoms with Crippen molar-refractivity contribution >= 4 is 23.4 Å². The molecule has 1 rings (SSSR count). The van der Waals surface area contributed by atoms with Crippen LogP contribution in [0.5, 0.6) is 0 Å². The van der Waals surface area contributed by atoms with Crippen LogP contribution >= 0.6 is 11.8 Å². The number of alkyl halides is 3. The molecular weight excluding hydrogens is 265 g/mol. The first-order valence-corrected chi connectivity index (χ1v) is 6.54. The van der Waals surface area contributed by atoms with E-state index in [4.69, 9.17) is 0 Å². The lowest BCUT2D eigenvalue weighted by molar-refractivity contribution is -0.119. The number of hydrogen-bond donors (Lipinski definition) is 1. The van der Waals surface area contributed by atoms with E-state index in [2.05, 4.69) is 15.3 Å². The molecular formula is C10H15F3N4S. The summed E-state index contributed by atoms with van der Waals surface area (Å²) in [5, 5.41) is 3.25. The molecule has 18 heavy (non-hydrogen) atoms. The minimum atomic E-state index is -4.25. The normalized spacial score (nSPS) is 11.4. The predicted octanol–water partition coefficient (Wildman–Crippen LogP) is 2.63. The fourth-order valence-corrected chi connectivity index (χ4v) is 1.74. The number of halogens is 3. The Hall–Kier alpha value is -1.18. The van der Waals surface area contributed by atoms with E-state index in [1.54, 1.807) is 20.2 Å². The SMILES string of the molecule is CCN(CC(F)(F)F)c1cc(NC)nc(SC)n1. The molecule has 0 aliphatic rings. The fraction of sp³-hybridized carbons (Fsp3) is 0.600. The second kappa shape index (κ2) is 6.12. The first kappa shape index (κ1) is 14.9. The zero-order valence-corrected chi connectivity index (χ0v) is 11.2. The van der Waals surface area contributed by atoms with Gasteiger partial charge in [0.25, 0.3) is 0 Å². The van der Waals surface area contributed by atoms with Gasteiger partial charge in [0.2, 0.25) is 0 Å². The van der Waals surface area contributed by atoms with Crippen molar-refractivity contribution in [3.8, 4) is 0 Å². The standard InChI is InChI=1S/C10H15F3N4S/c1-4-17(6-10(11,12)13)8-5-7(14-2)15-9(16-8)18-3/h5H,4,6H2,1-3H3,(H,14,15,16). The Labute approximate surface area is 108 Å². The summed E-state index contributed by atoms with van der Waals surface area (Å²) < 4.78 is 37.3. The second-order valence-corrected chi connectivity index (χ2v) is 4.25. The Balaban J connectivity index is 3.04. The Kier molecular flexibility index (Phi) is 5.06. The second-order valence-electron chi connectivity index (χ2n) is 3.48. The zero-order chi connectivity index (χ0) is 13.8. The average Bonchev–Trinajstić information content (AvgIpc) is 2.34. The number of aromatic nitrogens is 2. The highest BCUT2D eigenvalue weighted by Gasteiger charge is 2.31. The van der Waals surface area contributed by atoms with Crippen LogP contribution in [0.25, 0.3) is 0 Å². The molecule has 0 aromatic carbocycles. The Morgan fingerprint density at radius 1 is 1.39 bits per heavy atom. The summed E-state index contributed by atoms with van der Waals surface area (Å²) in [5.74, 6) is 0.781. The summed E-state index contributed by atoms with van der Waals surface area (Å²) >= 11 is 1.29. The Morgan fingerprint density at radius 2 is 2.06 bits per heavy atom. The van der Waals surface area contributed by atoms with Gasteiger partial charge >= 0.3 is 6.18 Å². The van der Waals surface area contributed by atoms with Crippen molar-refractivity contribution in [2.75, 3.05) is 36.6 Å². The topological polar surface area (TPSA) is 41.0 Å². The van der Waals surface area contributed by atoms with Crippen molar-refractivity contribution in [2.45, 2.75) is 18.3 Å². The molecule has 1 aromatic rings. The van der Waals surface area contributed by atoms with Crippen LogP contribution in [0.3, 0.4) is 0 Å². The van der Waals surface area contributed by atoms with Crippen LogP contribution < -0.4 is 10.2 Å². The van der Waals surface area contributed by atoms with Crippen LogP contribution in [0.1, 0.15) is 6.92 Å². The van der Waals surface area contributed by atoms with Crippen LogP contribution in [0.15, 0.2) is 11.2 Å². The molecule has 1 N–H and O–H groups in total. The monoisotopic (exact) mass is 280 g/mol. The largest absolute Gasteiger partial charge is 0.405 e. The maximum atomic E-state index is 12.4. The van der Waals surface area contributed by atoms with Crippen LogP contribution in [0.2, 0.25) is 0 Å². The Bertz CT molecular complexity index is 375. The highest BCUT2D eigenvalue weighted by Crippen LogP contribution is 2.24. The van der Waals surface area contributed by atoms with Crippen molar-refractivity contribution in [1.82, 2.24) is 9.97 Å². The van der Waals surface area contributed by atoms with Gasteiger partial charge in [-0.25, -0.2) is 9.97 Å². The average molecular weight is 280 g/mol. The molecule has 0 fully saturated rings. The molecule has 0 spiro atoms. The van der Waals surface area contributed by atoms with Gasteiger partial charge in [0, 0.05) is 19.7 Å². The highest BCUT2D eigenvalue weighted by molar-refractivity contribution is 7.98. The maximum absolute atomic E-state index is 12.4. The highest BCUT2D eigenvalue weighted by atomic mass is 32.2. The van der Waals surface area contributed by atoms with Gasteiger partial charge in [0.1, 0.15) is 18.2 Å². The lowest BCUT2D eigenvalue weighted by Crippen LogP contribution is -2.34. The summed E-state index contributed by atoms with van der Waals surface area (Å²) in [6.45, 7) is 0.872. The quantitative estimate of drug-likeness (QED) is 0.663. The lowest BCUT2D eigenvalue weighted by atomic mass is 10.4. The number of anilines is 2. The third-order valence-corrected chi connectivity index (χ3v) is 2.75. The molecule has 0 unspecified atom stereocenters. The van der Waals surface area contributed by atoms with E-state index in [1.165, 1.54) is 22.7 Å². The van der Waals surface area contributed by atoms with Crippen molar-refractivity contribution in [3.05, 3.63) is 6.07 Å². The van der Waals surface area contributed by atoms with E-state index < -0.39 is 12.7 Å². The van der Waals surface area contributed by atoms with Crippen molar-refractivity contribution in [1.29, 1.82) is 0 Å². The minimum absolute atomic E-state index is 0.230. The van der Waals surface area contributed by atoms with E-state index in [0.717, 1.165) is 0 Å². The summed E-state index contributed by atoms with van der Waals surface area (Å²) in [4.78, 5) is 9.38. The third-order valence-electron chi connectivity index (χ3n) is 2.21. The molecule has 0 bridgehead atoms. The van der Waals surface area contributed by atoms with Crippen molar-refractivity contribution in [3.63, 3.8) is 0 Å². The number of nitrogens with zero attached hydrogens (tertiary/aromatic N) is 3. The van der Waals surface area contributed by atoms with Crippen LogP contribution in [-0.4, -0.2) is 42.5 Å². The van der Waals surface area contributed by atoms with Crippen LogP contribution in [0, 0.1) is 0 Å². The molecule has 0 atom stereocenters. The summed E-state index contributed by atoms with van der Waals surface area (Å²) in [6, 6.07) is 1.51. The van der Waals surface area contributed by atoms with Gasteiger partial charge in [-0.2, -0.15) is 13.2 Å². The van der Waals surface area contributed by atoms with Gasteiger partial charge in [-0.05, 0) is 13.2 Å². The van der Waals surface area contributed by atoms with E-state index >= 15 is 0 Å². The summed E-state index contributed by atoms with van der Waals surface area (Å²) in [7, 11) is 1.66. The van der Waals surface area contributed by atoms with E-state index in [1.807, 2.05) is 0 Å². The number of nitrogens with one attached hydrogen (secondary N) is 1. The molecule has 0 saturated carbocycles. The Morgan fingerprint density at radius 3 is 2.50 bits per heavy atom. The van der Waals surface area contributed by atoms with Gasteiger partial charge in [0.05, 0.1) is 0 Å². The fourth-order valence-electron chi connectivity index (χ4n) is 1.37. The molecule has 1 heterocycles. The van der Waals surface area contributed by atoms with Gasteiger partial charge in [-0.3, -0.25) is 0 Å². The minimum Gasteiger partial charge on any atom is -0.373 e. The molecule has 4 nitrogen and oxygen atoms in total. The number of rotatable bonds is 5. The van der Waals surface area contributed by atoms with Gasteiger partial charge in [0.15, 0.2) is 5.16 Å². The maximum Gasteiger partial charge on any atom is 0.405 e. The van der Waals surface area contributed by atoms with Crippen molar-refractivity contribution in [2.24, 2.45) is 0 Å². The van der Waals surface area contributed by atoms with Gasteiger partial charge < -0.3 is 10.2 Å². The molecule has 0 saturated heterocycles. The van der Waals surface area contributed by atoms with Crippen LogP contribution in [0.4, 0.5) is 24.8 Å². The third kappa shape index (κ3) is 4.25. The lowest BCUT2D eigenvalue weighted by Gasteiger charge is -2.23. The first-order chi connectivity index (χ1) is 8.39. The van der Waals surface area contributed by atoms with Gasteiger partial charge in [-0.15, -0.1) is 0 Å². The molecule has 0 radical (unpaired) electrons. The smallest absolute Gasteiger partial charge is 0.373 e. The van der Waals surface area contributed by atoms with E-state index in [-0.39, 0.29) is 12.4 Å². The number of hydrogen-bond acceptors (Lipinski definition) is 5. The predicted molar refractivity (Wildman–Crippen MR) is 67.3 cm³/mol. The molecule has 0 aliphatic heterocycles. The molecule has 8 heteroatoms. The van der Waals surface area contributed by atoms with Crippen LogP contribution in [-0.2, 0) is 0 Å². The number of thioether (sulfide) groups is 1. The summed E-state index contributed by atoms with van der Waals surface area (Å²) in [6.07, 6.45) is -2.47. The molecule has 102 valence electrons. The first-order valence-electron chi connectivity index (χ1n) is 5.32. The molecule has 0 amide bonds. The van der Waals surface area contributed by atoms with Gasteiger partial charge in [-0.1, -0.05) is 11.8 Å². The van der Waals surface area contributed by atoms with E-state index in [0.29, 0.717) is 11.0 Å². The zero-order valence-electron chi connectivity index (χ0n) is 10.4. The van der Waals surface area contributed by atoms with Crippen molar-refractivity contribution < 1.29 is 13.2 Å².